The number of fused-ring (bicyclic) bond motifs is 1. The number of piperidine rings is 1. The maximum Gasteiger partial charge on any atom is 0.323 e. The number of aryl methyl sites for hydroxylation is 1. The minimum absolute atomic E-state index is 0.108. The molecule has 0 aliphatic carbocycles. The monoisotopic (exact) mass is 459 g/mol. The molecule has 174 valence electrons. The van der Waals surface area contributed by atoms with Gasteiger partial charge in [-0.25, -0.2) is 14.2 Å². The third kappa shape index (κ3) is 4.99. The Balaban J connectivity index is 1.38. The highest BCUT2D eigenvalue weighted by Crippen LogP contribution is 2.31. The summed E-state index contributed by atoms with van der Waals surface area (Å²) in [4.78, 5) is 21.1. The van der Waals surface area contributed by atoms with Crippen molar-refractivity contribution in [1.82, 2.24) is 14.5 Å². The van der Waals surface area contributed by atoms with Crippen LogP contribution in [0.2, 0.25) is 25.7 Å². The molecule has 1 aromatic carbocycles. The first-order valence-corrected chi connectivity index (χ1v) is 15.1. The van der Waals surface area contributed by atoms with Crippen molar-refractivity contribution in [3.8, 4) is 0 Å². The van der Waals surface area contributed by atoms with Gasteiger partial charge < -0.3 is 19.1 Å². The number of rotatable bonds is 7. The maximum atomic E-state index is 14.4. The number of nitrogens with zero attached hydrogens (tertiary/aromatic N) is 4. The Morgan fingerprint density at radius 1 is 1.25 bits per heavy atom. The topological polar surface area (TPSA) is 62.6 Å². The highest BCUT2D eigenvalue weighted by molar-refractivity contribution is 6.76. The minimum Gasteiger partial charge on any atom is -0.369 e. The van der Waals surface area contributed by atoms with Gasteiger partial charge in [0.05, 0.1) is 24.3 Å². The predicted octanol–water partition coefficient (Wildman–Crippen LogP) is 4.66. The van der Waals surface area contributed by atoms with Crippen LogP contribution in [0, 0.1) is 12.7 Å². The summed E-state index contributed by atoms with van der Waals surface area (Å²) < 4.78 is 22.3. The molecule has 1 fully saturated rings. The number of carbonyl (C=O) groups excluding carboxylic acids is 1. The second-order valence-electron chi connectivity index (χ2n) is 10.0. The first-order valence-electron chi connectivity index (χ1n) is 11.4. The fourth-order valence-electron chi connectivity index (χ4n) is 4.46. The van der Waals surface area contributed by atoms with E-state index in [2.05, 4.69) is 34.8 Å². The lowest BCUT2D eigenvalue weighted by Crippen LogP contribution is -2.50. The zero-order valence-corrected chi connectivity index (χ0v) is 20.5. The molecule has 32 heavy (non-hydrogen) atoms. The number of ether oxygens (including phenoxy) is 1. The van der Waals surface area contributed by atoms with E-state index in [0.717, 1.165) is 49.8 Å². The number of aromatic nitrogens is 2. The summed E-state index contributed by atoms with van der Waals surface area (Å²) in [6, 6.07) is 6.32. The summed E-state index contributed by atoms with van der Waals surface area (Å²) in [6.45, 7) is 12.1. The molecular formula is C23H34FN5O2Si. The maximum absolute atomic E-state index is 14.4. The summed E-state index contributed by atoms with van der Waals surface area (Å²) in [5.41, 5.74) is 2.61. The van der Waals surface area contributed by atoms with Crippen LogP contribution < -0.4 is 10.2 Å². The fraction of sp³-hybridized carbons (Fsp3) is 0.565. The number of anilines is 2. The SMILES string of the molecule is Cc1cccc(F)c1N1CCC(N2Cc3c(ncn3COCC[Si](C)(C)C)NC2=O)CC1. The van der Waals surface area contributed by atoms with Crippen LogP contribution in [0.15, 0.2) is 24.5 Å². The Bertz CT molecular complexity index is 946. The second kappa shape index (κ2) is 9.23. The second-order valence-corrected chi connectivity index (χ2v) is 15.7. The zero-order chi connectivity index (χ0) is 22.9. The van der Waals surface area contributed by atoms with E-state index in [1.165, 1.54) is 6.07 Å². The minimum atomic E-state index is -1.13. The molecule has 1 saturated heterocycles. The van der Waals surface area contributed by atoms with E-state index in [9.17, 15) is 9.18 Å². The molecule has 9 heteroatoms. The van der Waals surface area contributed by atoms with E-state index < -0.39 is 8.07 Å². The van der Waals surface area contributed by atoms with Gasteiger partial charge in [-0.15, -0.1) is 0 Å². The van der Waals surface area contributed by atoms with Gasteiger partial charge in [-0.05, 0) is 37.4 Å². The highest BCUT2D eigenvalue weighted by atomic mass is 28.3. The van der Waals surface area contributed by atoms with Crippen LogP contribution in [0.5, 0.6) is 0 Å². The number of urea groups is 1. The van der Waals surface area contributed by atoms with Gasteiger partial charge in [-0.1, -0.05) is 31.8 Å². The van der Waals surface area contributed by atoms with Gasteiger partial charge >= 0.3 is 6.03 Å². The van der Waals surface area contributed by atoms with Crippen molar-refractivity contribution in [2.75, 3.05) is 29.9 Å². The molecule has 0 bridgehead atoms. The average Bonchev–Trinajstić information content (AvgIpc) is 3.12. The smallest absolute Gasteiger partial charge is 0.323 e. The van der Waals surface area contributed by atoms with E-state index in [4.69, 9.17) is 4.74 Å². The van der Waals surface area contributed by atoms with E-state index in [0.29, 0.717) is 24.8 Å². The summed E-state index contributed by atoms with van der Waals surface area (Å²) in [5, 5.41) is 2.94. The molecule has 4 rings (SSSR count). The predicted molar refractivity (Wildman–Crippen MR) is 127 cm³/mol. The number of carbonyl (C=O) groups is 1. The lowest BCUT2D eigenvalue weighted by atomic mass is 10.0. The molecule has 7 nitrogen and oxygen atoms in total. The number of hydrogen-bond donors (Lipinski definition) is 1. The average molecular weight is 460 g/mol. The largest absolute Gasteiger partial charge is 0.369 e. The molecule has 1 aromatic heterocycles. The van der Waals surface area contributed by atoms with Crippen molar-refractivity contribution in [2.45, 2.75) is 64.8 Å². The lowest BCUT2D eigenvalue weighted by molar-refractivity contribution is 0.0824. The first kappa shape index (κ1) is 22.8. The summed E-state index contributed by atoms with van der Waals surface area (Å²) in [7, 11) is -1.13. The molecule has 1 N–H and O–H groups in total. The Labute approximate surface area is 190 Å². The molecule has 2 aromatic rings. The van der Waals surface area contributed by atoms with Crippen LogP contribution in [0.25, 0.3) is 0 Å². The molecular weight excluding hydrogens is 425 g/mol. The molecule has 2 aliphatic rings. The van der Waals surface area contributed by atoms with Crippen molar-refractivity contribution in [2.24, 2.45) is 0 Å². The van der Waals surface area contributed by atoms with Gasteiger partial charge in [0.25, 0.3) is 0 Å². The quantitative estimate of drug-likeness (QED) is 0.483. The van der Waals surface area contributed by atoms with Gasteiger partial charge in [0.2, 0.25) is 0 Å². The molecule has 2 amide bonds. The van der Waals surface area contributed by atoms with Gasteiger partial charge in [0.1, 0.15) is 12.5 Å². The Morgan fingerprint density at radius 3 is 2.69 bits per heavy atom. The number of imidazole rings is 1. The van der Waals surface area contributed by atoms with Gasteiger partial charge in [0.15, 0.2) is 5.82 Å². The van der Waals surface area contributed by atoms with E-state index in [-0.39, 0.29) is 17.9 Å². The first-order chi connectivity index (χ1) is 15.2. The van der Waals surface area contributed by atoms with Crippen LogP contribution in [0.3, 0.4) is 0 Å². The fourth-order valence-corrected chi connectivity index (χ4v) is 5.21. The van der Waals surface area contributed by atoms with Gasteiger partial charge in [-0.3, -0.25) is 5.32 Å². The van der Waals surface area contributed by atoms with Crippen LogP contribution in [-0.2, 0) is 18.0 Å². The van der Waals surface area contributed by atoms with Crippen LogP contribution >= 0.6 is 0 Å². The number of halogens is 1. The number of hydrogen-bond acceptors (Lipinski definition) is 4. The normalized spacial score (nSPS) is 17.5. The van der Waals surface area contributed by atoms with Crippen molar-refractivity contribution in [3.63, 3.8) is 0 Å². The molecule has 0 radical (unpaired) electrons. The van der Waals surface area contributed by atoms with Crippen molar-refractivity contribution >= 4 is 25.6 Å². The van der Waals surface area contributed by atoms with Crippen LogP contribution in [-0.4, -0.2) is 54.3 Å². The van der Waals surface area contributed by atoms with Gasteiger partial charge in [0, 0.05) is 33.8 Å². The number of amides is 2. The van der Waals surface area contributed by atoms with Crippen molar-refractivity contribution < 1.29 is 13.9 Å². The van der Waals surface area contributed by atoms with Crippen LogP contribution in [0.4, 0.5) is 20.7 Å². The molecule has 2 aliphatic heterocycles. The zero-order valence-electron chi connectivity index (χ0n) is 19.5. The lowest BCUT2D eigenvalue weighted by Gasteiger charge is -2.41. The van der Waals surface area contributed by atoms with E-state index >= 15 is 0 Å². The Hall–Kier alpha value is -2.39. The Morgan fingerprint density at radius 2 is 2.00 bits per heavy atom. The molecule has 0 atom stereocenters. The highest BCUT2D eigenvalue weighted by Gasteiger charge is 2.34. The molecule has 0 spiro atoms. The van der Waals surface area contributed by atoms with Crippen LogP contribution in [0.1, 0.15) is 24.1 Å². The van der Waals surface area contributed by atoms with E-state index in [1.807, 2.05) is 22.5 Å². The third-order valence-corrected chi connectivity index (χ3v) is 8.09. The van der Waals surface area contributed by atoms with Crippen molar-refractivity contribution in [1.29, 1.82) is 0 Å². The number of para-hydroxylation sites is 1. The third-order valence-electron chi connectivity index (χ3n) is 6.39. The van der Waals surface area contributed by atoms with E-state index in [1.54, 1.807) is 12.4 Å². The molecule has 3 heterocycles. The Kier molecular flexibility index (Phi) is 6.57. The summed E-state index contributed by atoms with van der Waals surface area (Å²) in [6.07, 6.45) is 3.35. The standard InChI is InChI=1S/C23H34FN5O2Si/c1-17-6-5-7-19(24)21(17)27-10-8-18(9-11-27)29-14-20-22(26-23(29)30)25-15-28(20)16-31-12-13-32(2,3)4/h5-7,15,18H,8-14,16H2,1-4H3,(H,26,30). The van der Waals surface area contributed by atoms with Gasteiger partial charge in [-0.2, -0.15) is 0 Å². The number of nitrogens with one attached hydrogen (secondary N) is 1. The molecule has 0 saturated carbocycles. The van der Waals surface area contributed by atoms with Crippen molar-refractivity contribution in [3.05, 3.63) is 41.6 Å². The molecule has 0 unspecified atom stereocenters. The summed E-state index contributed by atoms with van der Waals surface area (Å²) in [5.74, 6) is 0.446. The summed E-state index contributed by atoms with van der Waals surface area (Å²) >= 11 is 0. The number of benzene rings is 1.